The Balaban J connectivity index is -0.0000000146. The molecule has 0 spiro atoms. The molecule has 0 aromatic rings. The van der Waals surface area contributed by atoms with Crippen molar-refractivity contribution in [2.45, 2.75) is 0 Å². The molecule has 0 rings (SSSR count). The second-order valence-electron chi connectivity index (χ2n) is 0.677. The molecule has 0 aliphatic carbocycles. The first-order valence-electron chi connectivity index (χ1n) is 1.27. The number of hydrogen-bond donors (Lipinski definition) is 3. The first kappa shape index (κ1) is 23.8. The molecule has 0 fully saturated rings. The van der Waals surface area contributed by atoms with E-state index in [0.717, 1.165) is 0 Å². The molecule has 0 amide bonds. The normalized spacial score (nSPS) is 8.55. The predicted molar refractivity (Wildman–Crippen MR) is 32.9 cm³/mol. The van der Waals surface area contributed by atoms with Crippen LogP contribution in [0.5, 0.6) is 0 Å². The van der Waals surface area contributed by atoms with Crippen LogP contribution in [-0.2, 0) is 20.2 Å². The van der Waals surface area contributed by atoms with Crippen LogP contribution in [0.25, 0.3) is 0 Å². The van der Waals surface area contributed by atoms with Gasteiger partial charge in [0.25, 0.3) is 0 Å². The van der Waals surface area contributed by atoms with Crippen molar-refractivity contribution in [2.24, 2.45) is 0 Å². The first-order chi connectivity index (χ1) is 3.73. The third-order valence-electron chi connectivity index (χ3n) is 0. The Morgan fingerprint density at radius 2 is 1.45 bits per heavy atom. The van der Waals surface area contributed by atoms with Gasteiger partial charge < -0.3 is 25.2 Å². The summed E-state index contributed by atoms with van der Waals surface area (Å²) in [6.07, 6.45) is 0. The summed E-state index contributed by atoms with van der Waals surface area (Å²) in [6.45, 7) is 0. The van der Waals surface area contributed by atoms with Crippen molar-refractivity contribution in [2.75, 3.05) is 0 Å². The van der Waals surface area contributed by atoms with Gasteiger partial charge in [0.1, 0.15) is 0 Å². The fourth-order valence-electron chi connectivity index (χ4n) is 0. The van der Waals surface area contributed by atoms with Gasteiger partial charge in [0.05, 0.1) is 0 Å². The van der Waals surface area contributed by atoms with Gasteiger partial charge in [0.2, 0.25) is 0 Å². The minimum atomic E-state index is -4.33. The molecule has 0 heterocycles. The second kappa shape index (κ2) is 13.2. The Morgan fingerprint density at radius 3 is 1.45 bits per heavy atom. The van der Waals surface area contributed by atoms with Crippen LogP contribution >= 0.6 is 8.60 Å². The van der Waals surface area contributed by atoms with Crippen LogP contribution in [0.1, 0.15) is 2.85 Å². The zero-order valence-corrected chi connectivity index (χ0v) is 13.5. The maximum Gasteiger partial charge on any atom is 1.00 e. The topological polar surface area (TPSA) is 124 Å². The van der Waals surface area contributed by atoms with Crippen molar-refractivity contribution >= 4 is 28.8 Å². The van der Waals surface area contributed by atoms with E-state index < -0.39 is 17.7 Å². The number of hydrogen-bond acceptors (Lipinski definition) is 7. The van der Waals surface area contributed by atoms with E-state index in [0.29, 0.717) is 0 Å². The summed E-state index contributed by atoms with van der Waals surface area (Å²) in [5.41, 5.74) is 0. The molecule has 0 aromatic heterocycles. The van der Waals surface area contributed by atoms with Crippen LogP contribution in [0.4, 0.5) is 0 Å². The Hall–Kier alpha value is 3.24. The Morgan fingerprint density at radius 1 is 1.45 bits per heavy atom. The monoisotopic (exact) mass is 258 g/mol. The van der Waals surface area contributed by atoms with Crippen molar-refractivity contribution in [1.29, 1.82) is 0 Å². The molecule has 0 saturated carbocycles. The molecule has 60 valence electrons. The molecule has 0 aliphatic heterocycles. The summed E-state index contributed by atoms with van der Waals surface area (Å²) in [7, 11) is -6.95. The van der Waals surface area contributed by atoms with Gasteiger partial charge in [-0.25, -0.2) is 0 Å². The van der Waals surface area contributed by atoms with E-state index in [1.807, 2.05) is 0 Å². The predicted octanol–water partition coefficient (Wildman–Crippen LogP) is -7.58. The summed E-state index contributed by atoms with van der Waals surface area (Å²) >= 11 is 3.24. The van der Waals surface area contributed by atoms with Crippen molar-refractivity contribution < 1.29 is 112 Å². The van der Waals surface area contributed by atoms with Gasteiger partial charge in [-0.1, -0.05) is 0 Å². The molecule has 6 nitrogen and oxygen atoms in total. The van der Waals surface area contributed by atoms with Crippen LogP contribution < -0.4 is 80.9 Å². The van der Waals surface area contributed by atoms with E-state index >= 15 is 0 Å². The average molecular weight is 258 g/mol. The summed E-state index contributed by atoms with van der Waals surface area (Å²) in [5, 5.41) is 0. The minimum Gasteiger partial charge on any atom is -1.00 e. The zero-order chi connectivity index (χ0) is 8.08. The molecule has 3 N–H and O–H groups in total. The SMILES string of the molecule is O=S([O-])([O-])=S.OP(O)O.[H+].[H-].[K+].[Na+]. The van der Waals surface area contributed by atoms with Gasteiger partial charge in [0, 0.05) is 0 Å². The van der Waals surface area contributed by atoms with Gasteiger partial charge in [-0.2, -0.15) is 0 Å². The fraction of sp³-hybridized carbons (Fsp3) is 0. The summed E-state index contributed by atoms with van der Waals surface area (Å²) in [5.74, 6) is 0. The minimum absolute atomic E-state index is 0. The fourth-order valence-corrected chi connectivity index (χ4v) is 0. The summed E-state index contributed by atoms with van der Waals surface area (Å²) < 4.78 is 26.7. The molecular formula is H5KNaO6PS2. The second-order valence-corrected chi connectivity index (χ2v) is 3.25. The standard InChI is InChI=1S/K.Na.H3O3P.H2O3S2.H/c;;1-4(2)3;1-5(2,3)4;/h;;1-3H;(H2,1,2,3,4);/q2*+1;;;-1/p-1. The Bertz CT molecular complexity index is 140. The molecule has 11 heteroatoms. The molecule has 0 aliphatic rings. The molecule has 11 heavy (non-hydrogen) atoms. The molecule has 0 bridgehead atoms. The van der Waals surface area contributed by atoms with Crippen LogP contribution in [-0.4, -0.2) is 28.0 Å². The van der Waals surface area contributed by atoms with E-state index in [1.165, 1.54) is 0 Å². The molecule has 0 aromatic carbocycles. The van der Waals surface area contributed by atoms with Crippen molar-refractivity contribution in [3.05, 3.63) is 0 Å². The quantitative estimate of drug-likeness (QED) is 0.291. The summed E-state index contributed by atoms with van der Waals surface area (Å²) in [6, 6.07) is 0. The van der Waals surface area contributed by atoms with Gasteiger partial charge in [-0.15, -0.1) is 9.05 Å². The van der Waals surface area contributed by atoms with Gasteiger partial charge in [0.15, 0.2) is 0 Å². The van der Waals surface area contributed by atoms with E-state index in [-0.39, 0.29) is 83.8 Å². The summed E-state index contributed by atoms with van der Waals surface area (Å²) in [4.78, 5) is 21.7. The molecule has 0 saturated heterocycles. The number of rotatable bonds is 0. The zero-order valence-electron chi connectivity index (χ0n) is 7.83. The van der Waals surface area contributed by atoms with Crippen molar-refractivity contribution in [1.82, 2.24) is 0 Å². The van der Waals surface area contributed by atoms with E-state index in [9.17, 15) is 0 Å². The van der Waals surface area contributed by atoms with Gasteiger partial charge >= 0.3 is 91.0 Å². The molecule has 0 unspecified atom stereocenters. The third-order valence-corrected chi connectivity index (χ3v) is 0. The maximum absolute atomic E-state index is 8.89. The van der Waals surface area contributed by atoms with Crippen molar-refractivity contribution in [3.63, 3.8) is 0 Å². The van der Waals surface area contributed by atoms with Crippen LogP contribution in [0.2, 0.25) is 0 Å². The average Bonchev–Trinajstić information content (AvgIpc) is 1.19. The smallest absolute Gasteiger partial charge is 1.00 e. The molecular weight excluding hydrogens is 253 g/mol. The maximum atomic E-state index is 8.89. The molecule has 0 atom stereocenters. The van der Waals surface area contributed by atoms with Gasteiger partial charge in [-0.05, 0) is 11.2 Å². The van der Waals surface area contributed by atoms with Crippen LogP contribution in [0.15, 0.2) is 0 Å². The van der Waals surface area contributed by atoms with E-state index in [4.69, 9.17) is 28.0 Å². The van der Waals surface area contributed by atoms with Crippen LogP contribution in [0.3, 0.4) is 0 Å². The van der Waals surface area contributed by atoms with E-state index in [2.05, 4.69) is 11.2 Å². The first-order valence-corrected chi connectivity index (χ1v) is 4.80. The van der Waals surface area contributed by atoms with Gasteiger partial charge in [-0.3, -0.25) is 4.21 Å². The van der Waals surface area contributed by atoms with Crippen molar-refractivity contribution in [3.8, 4) is 0 Å². The largest absolute Gasteiger partial charge is 1.00 e. The van der Waals surface area contributed by atoms with Crippen LogP contribution in [0, 0.1) is 0 Å². The Kier molecular flexibility index (Phi) is 28.6. The molecule has 0 radical (unpaired) electrons. The third kappa shape index (κ3) is 160. The van der Waals surface area contributed by atoms with E-state index in [1.54, 1.807) is 0 Å². The Labute approximate surface area is 138 Å².